The molecule has 1 heterocycles. The topological polar surface area (TPSA) is 106 Å². The maximum Gasteiger partial charge on any atom is 0.312 e. The van der Waals surface area contributed by atoms with Crippen LogP contribution in [-0.4, -0.2) is 30.1 Å². The van der Waals surface area contributed by atoms with Crippen LogP contribution in [0.1, 0.15) is 5.56 Å². The van der Waals surface area contributed by atoms with Gasteiger partial charge in [0.05, 0.1) is 19.0 Å². The molecule has 0 aliphatic carbocycles. The number of carbonyl (C=O) groups is 2. The first-order valence-electron chi connectivity index (χ1n) is 6.99. The lowest BCUT2D eigenvalue weighted by Gasteiger charge is -2.17. The van der Waals surface area contributed by atoms with Crippen LogP contribution in [0.4, 0.5) is 10.5 Å². The summed E-state index contributed by atoms with van der Waals surface area (Å²) in [4.78, 5) is 27.5. The van der Waals surface area contributed by atoms with Gasteiger partial charge in [-0.15, -0.1) is 0 Å². The Bertz CT molecular complexity index is 659. The number of aromatic nitrogens is 1. The lowest BCUT2D eigenvalue weighted by molar-refractivity contribution is -0.117. The molecule has 7 heteroatoms. The number of pyridine rings is 1. The molecule has 2 aromatic rings. The summed E-state index contributed by atoms with van der Waals surface area (Å²) < 4.78 is 4.96. The fraction of sp³-hybridized carbons (Fsp3) is 0.188. The Labute approximate surface area is 133 Å². The van der Waals surface area contributed by atoms with Gasteiger partial charge in [-0.3, -0.25) is 4.79 Å². The highest BCUT2D eigenvalue weighted by atomic mass is 16.5. The summed E-state index contributed by atoms with van der Waals surface area (Å²) in [7, 11) is 1.51. The molecule has 0 fully saturated rings. The third kappa shape index (κ3) is 4.99. The second kappa shape index (κ2) is 7.79. The quantitative estimate of drug-likeness (QED) is 0.747. The number of hydrogen-bond acceptors (Lipinski definition) is 4. The van der Waals surface area contributed by atoms with Gasteiger partial charge < -0.3 is 21.1 Å². The van der Waals surface area contributed by atoms with E-state index in [-0.39, 0.29) is 5.91 Å². The van der Waals surface area contributed by atoms with Crippen LogP contribution in [0.5, 0.6) is 5.88 Å². The molecular formula is C16H18N4O3. The van der Waals surface area contributed by atoms with Gasteiger partial charge in [0.2, 0.25) is 11.8 Å². The van der Waals surface area contributed by atoms with Gasteiger partial charge in [0.15, 0.2) is 0 Å². The Morgan fingerprint density at radius 3 is 2.52 bits per heavy atom. The second-order valence-electron chi connectivity index (χ2n) is 4.83. The van der Waals surface area contributed by atoms with Gasteiger partial charge in [0.1, 0.15) is 6.04 Å². The van der Waals surface area contributed by atoms with Crippen LogP contribution < -0.4 is 21.1 Å². The van der Waals surface area contributed by atoms with E-state index in [0.29, 0.717) is 18.0 Å². The molecular weight excluding hydrogens is 296 g/mol. The molecule has 1 aromatic carbocycles. The van der Waals surface area contributed by atoms with E-state index in [0.717, 1.165) is 5.56 Å². The summed E-state index contributed by atoms with van der Waals surface area (Å²) in [6, 6.07) is 11.1. The molecule has 0 bridgehead atoms. The Balaban J connectivity index is 2.07. The fourth-order valence-corrected chi connectivity index (χ4v) is 2.04. The minimum Gasteiger partial charge on any atom is -0.481 e. The third-order valence-corrected chi connectivity index (χ3v) is 3.13. The van der Waals surface area contributed by atoms with Crippen LogP contribution in [0.25, 0.3) is 0 Å². The first-order valence-corrected chi connectivity index (χ1v) is 6.99. The zero-order valence-corrected chi connectivity index (χ0v) is 12.7. The Morgan fingerprint density at radius 2 is 1.96 bits per heavy atom. The van der Waals surface area contributed by atoms with E-state index in [4.69, 9.17) is 10.5 Å². The Morgan fingerprint density at radius 1 is 1.22 bits per heavy atom. The Hall–Kier alpha value is -3.09. The molecule has 120 valence electrons. The number of methoxy groups -OCH3 is 1. The minimum atomic E-state index is -0.781. The molecule has 0 radical (unpaired) electrons. The number of carbonyl (C=O) groups excluding carboxylic acids is 2. The summed E-state index contributed by atoms with van der Waals surface area (Å²) in [5.41, 5.74) is 6.57. The van der Waals surface area contributed by atoms with Gasteiger partial charge in [-0.25, -0.2) is 9.78 Å². The van der Waals surface area contributed by atoms with E-state index < -0.39 is 12.1 Å². The molecule has 0 unspecified atom stereocenters. The van der Waals surface area contributed by atoms with Crippen LogP contribution in [0.15, 0.2) is 48.7 Å². The number of anilines is 1. The summed E-state index contributed by atoms with van der Waals surface area (Å²) >= 11 is 0. The van der Waals surface area contributed by atoms with Crippen molar-refractivity contribution >= 4 is 17.6 Å². The van der Waals surface area contributed by atoms with Crippen molar-refractivity contribution in [3.05, 3.63) is 54.2 Å². The van der Waals surface area contributed by atoms with Crippen molar-refractivity contribution in [2.75, 3.05) is 12.4 Å². The zero-order valence-electron chi connectivity index (χ0n) is 12.7. The standard InChI is InChI=1S/C16H18N4O3/c1-23-14-8-7-12(10-18-14)19-15(21)13(20-16(17)22)9-11-5-3-2-4-6-11/h2-8,10,13H,9H2,1H3,(H,19,21)(H3,17,20,22)/t13-/m0/s1. The zero-order chi connectivity index (χ0) is 16.7. The van der Waals surface area contributed by atoms with Crippen molar-refractivity contribution in [3.8, 4) is 5.88 Å². The lowest BCUT2D eigenvalue weighted by Crippen LogP contribution is -2.47. The van der Waals surface area contributed by atoms with Crippen LogP contribution in [0, 0.1) is 0 Å². The van der Waals surface area contributed by atoms with E-state index in [1.54, 1.807) is 12.1 Å². The largest absolute Gasteiger partial charge is 0.481 e. The van der Waals surface area contributed by atoms with Gasteiger partial charge in [-0.1, -0.05) is 30.3 Å². The molecule has 3 amide bonds. The van der Waals surface area contributed by atoms with Crippen LogP contribution in [0.3, 0.4) is 0 Å². The molecule has 4 N–H and O–H groups in total. The molecule has 1 aromatic heterocycles. The number of ether oxygens (including phenoxy) is 1. The second-order valence-corrected chi connectivity index (χ2v) is 4.83. The molecule has 0 aliphatic rings. The number of nitrogens with one attached hydrogen (secondary N) is 2. The molecule has 0 saturated carbocycles. The maximum atomic E-state index is 12.4. The molecule has 2 rings (SSSR count). The van der Waals surface area contributed by atoms with Crippen LogP contribution >= 0.6 is 0 Å². The number of benzene rings is 1. The number of hydrogen-bond donors (Lipinski definition) is 3. The van der Waals surface area contributed by atoms with E-state index in [9.17, 15) is 9.59 Å². The molecule has 23 heavy (non-hydrogen) atoms. The summed E-state index contributed by atoms with van der Waals surface area (Å²) in [6.07, 6.45) is 1.81. The van der Waals surface area contributed by atoms with Crippen molar-refractivity contribution < 1.29 is 14.3 Å². The monoisotopic (exact) mass is 314 g/mol. The van der Waals surface area contributed by atoms with Crippen molar-refractivity contribution in [2.45, 2.75) is 12.5 Å². The molecule has 7 nitrogen and oxygen atoms in total. The fourth-order valence-electron chi connectivity index (χ4n) is 2.04. The first kappa shape index (κ1) is 16.3. The highest BCUT2D eigenvalue weighted by molar-refractivity contribution is 5.96. The minimum absolute atomic E-state index is 0.333. The highest BCUT2D eigenvalue weighted by Crippen LogP contribution is 2.12. The van der Waals surface area contributed by atoms with Crippen molar-refractivity contribution in [1.82, 2.24) is 10.3 Å². The van der Waals surface area contributed by atoms with Gasteiger partial charge in [-0.2, -0.15) is 0 Å². The number of urea groups is 1. The summed E-state index contributed by atoms with van der Waals surface area (Å²) in [5.74, 6) is 0.0683. The van der Waals surface area contributed by atoms with Crippen molar-refractivity contribution in [3.63, 3.8) is 0 Å². The van der Waals surface area contributed by atoms with E-state index in [1.165, 1.54) is 13.3 Å². The predicted octanol–water partition coefficient (Wildman–Crippen LogP) is 1.31. The average Bonchev–Trinajstić information content (AvgIpc) is 2.55. The normalized spacial score (nSPS) is 11.3. The predicted molar refractivity (Wildman–Crippen MR) is 86.1 cm³/mol. The number of nitrogens with zero attached hydrogens (tertiary/aromatic N) is 1. The molecule has 0 spiro atoms. The molecule has 0 aliphatic heterocycles. The van der Waals surface area contributed by atoms with E-state index in [2.05, 4.69) is 15.6 Å². The van der Waals surface area contributed by atoms with Gasteiger partial charge in [0.25, 0.3) is 0 Å². The van der Waals surface area contributed by atoms with Crippen molar-refractivity contribution in [1.29, 1.82) is 0 Å². The number of primary amides is 1. The van der Waals surface area contributed by atoms with Gasteiger partial charge in [0, 0.05) is 12.5 Å². The number of nitrogens with two attached hydrogens (primary N) is 1. The average molecular weight is 314 g/mol. The summed E-state index contributed by atoms with van der Waals surface area (Å²) in [5, 5.41) is 5.14. The van der Waals surface area contributed by atoms with E-state index >= 15 is 0 Å². The van der Waals surface area contributed by atoms with Crippen LogP contribution in [0.2, 0.25) is 0 Å². The highest BCUT2D eigenvalue weighted by Gasteiger charge is 2.20. The summed E-state index contributed by atoms with van der Waals surface area (Å²) in [6.45, 7) is 0. The Kier molecular flexibility index (Phi) is 5.51. The smallest absolute Gasteiger partial charge is 0.312 e. The number of amides is 3. The van der Waals surface area contributed by atoms with Gasteiger partial charge in [-0.05, 0) is 11.6 Å². The van der Waals surface area contributed by atoms with Crippen LogP contribution in [-0.2, 0) is 11.2 Å². The van der Waals surface area contributed by atoms with Gasteiger partial charge >= 0.3 is 6.03 Å². The lowest BCUT2D eigenvalue weighted by atomic mass is 10.1. The molecule has 1 atom stereocenters. The third-order valence-electron chi connectivity index (χ3n) is 3.13. The number of rotatable bonds is 6. The van der Waals surface area contributed by atoms with E-state index in [1.807, 2.05) is 30.3 Å². The maximum absolute atomic E-state index is 12.4. The SMILES string of the molecule is COc1ccc(NC(=O)[C@H](Cc2ccccc2)NC(N)=O)cn1. The first-order chi connectivity index (χ1) is 11.1. The molecule has 0 saturated heterocycles. The van der Waals surface area contributed by atoms with Crippen molar-refractivity contribution in [2.24, 2.45) is 5.73 Å².